The molecular weight excluding hydrogens is 361 g/mol. The molecule has 1 saturated heterocycles. The standard InChI is InChI=1S/C11H13NP2S2.Y/c1-8-10(15)12(2)11(8)16(13)14-9-6-4-3-5-7-9;/h3-8,11,13H,1H2,2H3;/q-2;. The molecule has 0 N–H and O–H groups in total. The van der Waals surface area contributed by atoms with Crippen LogP contribution in [0.2, 0.25) is 0 Å². The summed E-state index contributed by atoms with van der Waals surface area (Å²) in [5, 5.41) is 1.77. The van der Waals surface area contributed by atoms with Crippen LogP contribution in [0, 0.1) is 12.8 Å². The normalized spacial score (nSPS) is 25.1. The van der Waals surface area contributed by atoms with Crippen molar-refractivity contribution in [3.63, 3.8) is 0 Å². The van der Waals surface area contributed by atoms with Crippen molar-refractivity contribution in [2.45, 2.75) is 5.37 Å². The van der Waals surface area contributed by atoms with Gasteiger partial charge in [0.1, 0.15) is 0 Å². The van der Waals surface area contributed by atoms with E-state index in [2.05, 4.69) is 51.2 Å². The average Bonchev–Trinajstić information content (AvgIpc) is 2.30. The zero-order valence-corrected chi connectivity index (χ0v) is 15.9. The van der Waals surface area contributed by atoms with Crippen LogP contribution < -0.4 is 5.30 Å². The smallest absolute Gasteiger partial charge is 0.0491 e. The monoisotopic (exact) mass is 374 g/mol. The summed E-state index contributed by atoms with van der Waals surface area (Å²) in [6, 6.07) is 10.5. The first-order chi connectivity index (χ1) is 7.61. The van der Waals surface area contributed by atoms with Crippen molar-refractivity contribution in [1.82, 2.24) is 4.90 Å². The molecule has 1 aromatic rings. The molecule has 2 unspecified atom stereocenters. The van der Waals surface area contributed by atoms with Gasteiger partial charge in [-0.2, -0.15) is 0 Å². The molecular formula is C11H13NP2S2Y-2. The Labute approximate surface area is 139 Å². The van der Waals surface area contributed by atoms with Crippen molar-refractivity contribution >= 4 is 47.1 Å². The Balaban J connectivity index is 0.00000144. The molecule has 1 fully saturated rings. The van der Waals surface area contributed by atoms with Crippen LogP contribution in [0.15, 0.2) is 30.3 Å². The summed E-state index contributed by atoms with van der Waals surface area (Å²) in [4.78, 5) is 3.13. The van der Waals surface area contributed by atoms with Gasteiger partial charge in [0.2, 0.25) is 0 Å². The Kier molecular flexibility index (Phi) is 6.76. The van der Waals surface area contributed by atoms with Gasteiger partial charge in [-0.25, -0.2) is 7.36 Å². The van der Waals surface area contributed by atoms with E-state index in [1.54, 1.807) is 0 Å². The van der Waals surface area contributed by atoms with Gasteiger partial charge in [0, 0.05) is 44.7 Å². The fourth-order valence-electron chi connectivity index (χ4n) is 1.66. The Morgan fingerprint density at radius 2 is 2.00 bits per heavy atom. The third-order valence-corrected chi connectivity index (χ3v) is 8.39. The summed E-state index contributed by atoms with van der Waals surface area (Å²) in [6.07, 6.45) is 0. The molecule has 6 heteroatoms. The van der Waals surface area contributed by atoms with Crippen molar-refractivity contribution in [3.8, 4) is 0 Å². The molecule has 1 aliphatic heterocycles. The van der Waals surface area contributed by atoms with Gasteiger partial charge in [-0.3, -0.25) is 8.02 Å². The van der Waals surface area contributed by atoms with Crippen LogP contribution in [-0.4, -0.2) is 22.3 Å². The number of thiocarbonyl (C=S) groups is 1. The summed E-state index contributed by atoms with van der Waals surface area (Å²) < 4.78 is 0. The van der Waals surface area contributed by atoms with Crippen molar-refractivity contribution in [2.24, 2.45) is 5.92 Å². The van der Waals surface area contributed by atoms with Crippen LogP contribution in [0.25, 0.3) is 0 Å². The van der Waals surface area contributed by atoms with E-state index in [-0.39, 0.29) is 47.9 Å². The van der Waals surface area contributed by atoms with Crippen LogP contribution in [0.4, 0.5) is 0 Å². The molecule has 0 spiro atoms. The van der Waals surface area contributed by atoms with E-state index in [0.717, 1.165) is 4.99 Å². The number of rotatable bonds is 2. The first kappa shape index (κ1) is 16.2. The van der Waals surface area contributed by atoms with Gasteiger partial charge in [-0.15, -0.1) is 5.92 Å². The van der Waals surface area contributed by atoms with Crippen LogP contribution in [0.1, 0.15) is 0 Å². The van der Waals surface area contributed by atoms with E-state index in [1.165, 1.54) is 12.7 Å². The summed E-state index contributed by atoms with van der Waals surface area (Å²) in [5.74, 6) is 0.275. The molecule has 2 rings (SSSR count). The summed E-state index contributed by atoms with van der Waals surface area (Å²) >= 11 is 5.23. The predicted octanol–water partition coefficient (Wildman–Crippen LogP) is 2.90. The fraction of sp³-hybridized carbons (Fsp3) is 0.273. The molecule has 89 valence electrons. The maximum Gasteiger partial charge on any atom is 0.0491 e. The van der Waals surface area contributed by atoms with Gasteiger partial charge >= 0.3 is 0 Å². The zero-order chi connectivity index (χ0) is 11.7. The van der Waals surface area contributed by atoms with Gasteiger partial charge < -0.3 is 21.1 Å². The number of hydrogen-bond donors (Lipinski definition) is 0. The Hall–Kier alpha value is 1.16. The minimum atomic E-state index is 0. The second-order valence-electron chi connectivity index (χ2n) is 3.69. The van der Waals surface area contributed by atoms with Gasteiger partial charge in [0.05, 0.1) is 0 Å². The van der Waals surface area contributed by atoms with E-state index in [4.69, 9.17) is 12.2 Å². The molecule has 2 atom stereocenters. The third-order valence-electron chi connectivity index (χ3n) is 2.58. The third kappa shape index (κ3) is 3.59. The molecule has 0 saturated carbocycles. The average molecular weight is 374 g/mol. The van der Waals surface area contributed by atoms with Gasteiger partial charge in [0.25, 0.3) is 0 Å². The van der Waals surface area contributed by atoms with E-state index in [0.29, 0.717) is 5.37 Å². The van der Waals surface area contributed by atoms with E-state index in [1.807, 2.05) is 6.07 Å². The number of benzene rings is 1. The Morgan fingerprint density at radius 3 is 2.53 bits per heavy atom. The molecule has 0 aliphatic carbocycles. The molecule has 0 amide bonds. The van der Waals surface area contributed by atoms with Crippen molar-refractivity contribution in [3.05, 3.63) is 37.3 Å². The van der Waals surface area contributed by atoms with E-state index >= 15 is 0 Å². The van der Waals surface area contributed by atoms with Gasteiger partial charge in [0.15, 0.2) is 0 Å². The zero-order valence-electron chi connectivity index (χ0n) is 9.54. The second kappa shape index (κ2) is 7.08. The first-order valence-electron chi connectivity index (χ1n) is 4.92. The van der Waals surface area contributed by atoms with Crippen LogP contribution in [0.5, 0.6) is 0 Å². The molecule has 0 aromatic heterocycles. The summed E-state index contributed by atoms with van der Waals surface area (Å²) in [5.41, 5.74) is 0. The quantitative estimate of drug-likeness (QED) is 0.339. The molecule has 1 nitrogen and oxygen atoms in total. The van der Waals surface area contributed by atoms with Crippen molar-refractivity contribution in [1.29, 1.82) is 0 Å². The molecule has 1 heterocycles. The van der Waals surface area contributed by atoms with Crippen LogP contribution in [0.3, 0.4) is 0 Å². The van der Waals surface area contributed by atoms with Crippen molar-refractivity contribution < 1.29 is 32.7 Å². The minimum Gasteiger partial charge on any atom is -0.401 e. The van der Waals surface area contributed by atoms with Crippen molar-refractivity contribution in [2.75, 3.05) is 7.05 Å². The number of nitrogens with zero attached hydrogens (tertiary/aromatic N) is 1. The second-order valence-corrected chi connectivity index (χ2v) is 10.00. The van der Waals surface area contributed by atoms with E-state index < -0.39 is 0 Å². The Morgan fingerprint density at radius 1 is 1.41 bits per heavy atom. The van der Waals surface area contributed by atoms with Crippen LogP contribution >= 0.6 is 27.6 Å². The van der Waals surface area contributed by atoms with Gasteiger partial charge in [-0.1, -0.05) is 47.9 Å². The Bertz CT molecular complexity index is 474. The summed E-state index contributed by atoms with van der Waals surface area (Å²) in [7, 11) is 7.28. The minimum absolute atomic E-state index is 0. The molecule has 0 bridgehead atoms. The molecule has 1 radical (unpaired) electrons. The van der Waals surface area contributed by atoms with Gasteiger partial charge in [-0.05, 0) is 5.30 Å². The van der Waals surface area contributed by atoms with Crippen LogP contribution in [-0.2, 0) is 42.0 Å². The fourth-order valence-corrected chi connectivity index (χ4v) is 7.69. The maximum absolute atomic E-state index is 5.23. The molecule has 1 aromatic carbocycles. The maximum atomic E-state index is 5.23. The topological polar surface area (TPSA) is 3.24 Å². The molecule has 17 heavy (non-hydrogen) atoms. The van der Waals surface area contributed by atoms with E-state index in [9.17, 15) is 0 Å². The number of hydrogen-bond acceptors (Lipinski definition) is 2. The number of likely N-dealkylation sites (tertiary alicyclic amines) is 1. The summed E-state index contributed by atoms with van der Waals surface area (Å²) in [6.45, 7) is 4.11. The SMILES string of the molecule is [CH2-]C1C(=S)N(C)C1[S-](=P)=Pc1ccccc1.[Y]. The largest absolute Gasteiger partial charge is 0.401 e. The predicted molar refractivity (Wildman–Crippen MR) is 81.7 cm³/mol. The first-order valence-corrected chi connectivity index (χ1v) is 9.34. The molecule has 1 aliphatic rings.